The smallest absolute Gasteiger partial charge is 0.150 e. The highest BCUT2D eigenvalue weighted by molar-refractivity contribution is 7.13. The van der Waals surface area contributed by atoms with Gasteiger partial charge in [-0.05, 0) is 29.2 Å². The predicted octanol–water partition coefficient (Wildman–Crippen LogP) is 3.93. The molecule has 0 amide bonds. The molecule has 0 aliphatic carbocycles. The molecule has 0 saturated heterocycles. The van der Waals surface area contributed by atoms with Gasteiger partial charge in [-0.25, -0.2) is 0 Å². The maximum absolute atomic E-state index is 4.56. The molecule has 0 atom stereocenters. The third kappa shape index (κ3) is 2.09. The number of fused-ring (bicyclic) bond motifs is 1. The van der Waals surface area contributed by atoms with Gasteiger partial charge in [-0.15, -0.1) is 0 Å². The van der Waals surface area contributed by atoms with E-state index < -0.39 is 0 Å². The molecule has 0 unspecified atom stereocenters. The molecule has 3 heteroatoms. The van der Waals surface area contributed by atoms with E-state index in [4.69, 9.17) is 0 Å². The van der Waals surface area contributed by atoms with Crippen molar-refractivity contribution in [2.75, 3.05) is 11.9 Å². The van der Waals surface area contributed by atoms with Gasteiger partial charge in [0.05, 0.1) is 4.70 Å². The molecule has 0 saturated carbocycles. The van der Waals surface area contributed by atoms with Crippen LogP contribution < -0.4 is 4.90 Å². The van der Waals surface area contributed by atoms with Crippen molar-refractivity contribution in [2.45, 2.75) is 6.54 Å². The average Bonchev–Trinajstić information content (AvgIpc) is 2.84. The molecule has 3 rings (SSSR count). The van der Waals surface area contributed by atoms with Crippen LogP contribution in [0, 0.1) is 0 Å². The highest BCUT2D eigenvalue weighted by Crippen LogP contribution is 2.29. The first-order valence-electron chi connectivity index (χ1n) is 5.94. The number of hydrogen-bond donors (Lipinski definition) is 0. The Morgan fingerprint density at radius 2 is 1.72 bits per heavy atom. The van der Waals surface area contributed by atoms with Crippen molar-refractivity contribution in [3.8, 4) is 0 Å². The van der Waals surface area contributed by atoms with Crippen LogP contribution in [-0.2, 0) is 6.54 Å². The van der Waals surface area contributed by atoms with Gasteiger partial charge in [0.2, 0.25) is 0 Å². The van der Waals surface area contributed by atoms with Crippen molar-refractivity contribution < 1.29 is 0 Å². The molecule has 90 valence electrons. The van der Waals surface area contributed by atoms with Crippen LogP contribution in [0.5, 0.6) is 0 Å². The Morgan fingerprint density at radius 3 is 2.56 bits per heavy atom. The standard InChI is InChI=1S/C15H14N2S/c1-17(11-12-7-3-2-4-8-12)15-13-9-5-6-10-14(13)18-16-15/h2-10H,11H2,1H3. The fourth-order valence-corrected chi connectivity index (χ4v) is 2.90. The number of aromatic nitrogens is 1. The van der Waals surface area contributed by atoms with Gasteiger partial charge in [-0.1, -0.05) is 42.5 Å². The van der Waals surface area contributed by atoms with Crippen LogP contribution >= 0.6 is 11.5 Å². The Morgan fingerprint density at radius 1 is 1.00 bits per heavy atom. The van der Waals surface area contributed by atoms with Gasteiger partial charge in [-0.2, -0.15) is 4.37 Å². The Hall–Kier alpha value is -1.87. The highest BCUT2D eigenvalue weighted by atomic mass is 32.1. The van der Waals surface area contributed by atoms with Gasteiger partial charge in [-0.3, -0.25) is 0 Å². The second-order valence-electron chi connectivity index (χ2n) is 4.34. The second-order valence-corrected chi connectivity index (χ2v) is 5.15. The third-order valence-corrected chi connectivity index (χ3v) is 3.80. The highest BCUT2D eigenvalue weighted by Gasteiger charge is 2.10. The monoisotopic (exact) mass is 254 g/mol. The van der Waals surface area contributed by atoms with E-state index in [0.29, 0.717) is 0 Å². The molecule has 0 N–H and O–H groups in total. The van der Waals surface area contributed by atoms with Gasteiger partial charge < -0.3 is 4.90 Å². The van der Waals surface area contributed by atoms with Gasteiger partial charge in [0.25, 0.3) is 0 Å². The molecule has 0 bridgehead atoms. The summed E-state index contributed by atoms with van der Waals surface area (Å²) >= 11 is 1.56. The van der Waals surface area contributed by atoms with Crippen molar-refractivity contribution in [1.29, 1.82) is 0 Å². The summed E-state index contributed by atoms with van der Waals surface area (Å²) in [6.07, 6.45) is 0. The number of nitrogens with zero attached hydrogens (tertiary/aromatic N) is 2. The van der Waals surface area contributed by atoms with Gasteiger partial charge in [0.15, 0.2) is 0 Å². The summed E-state index contributed by atoms with van der Waals surface area (Å²) in [6, 6.07) is 18.9. The van der Waals surface area contributed by atoms with Crippen LogP contribution in [0.2, 0.25) is 0 Å². The SMILES string of the molecule is CN(Cc1ccccc1)c1nsc2ccccc12. The van der Waals surface area contributed by atoms with E-state index >= 15 is 0 Å². The summed E-state index contributed by atoms with van der Waals surface area (Å²) in [5.74, 6) is 1.07. The number of anilines is 1. The summed E-state index contributed by atoms with van der Waals surface area (Å²) in [5, 5.41) is 1.24. The van der Waals surface area contributed by atoms with Crippen molar-refractivity contribution in [1.82, 2.24) is 4.37 Å². The van der Waals surface area contributed by atoms with Gasteiger partial charge in [0.1, 0.15) is 5.82 Å². The molecule has 0 radical (unpaired) electrons. The first-order valence-corrected chi connectivity index (χ1v) is 6.71. The molecule has 2 nitrogen and oxygen atoms in total. The molecule has 0 spiro atoms. The topological polar surface area (TPSA) is 16.1 Å². The Bertz CT molecular complexity index is 646. The summed E-state index contributed by atoms with van der Waals surface area (Å²) in [7, 11) is 2.09. The largest absolute Gasteiger partial charge is 0.354 e. The van der Waals surface area contributed by atoms with E-state index in [1.165, 1.54) is 15.6 Å². The zero-order valence-corrected chi connectivity index (χ0v) is 11.0. The fraction of sp³-hybridized carbons (Fsp3) is 0.133. The van der Waals surface area contributed by atoms with E-state index in [0.717, 1.165) is 12.4 Å². The Balaban J connectivity index is 1.90. The molecule has 1 aromatic heterocycles. The third-order valence-electron chi connectivity index (χ3n) is 2.98. The van der Waals surface area contributed by atoms with Crippen LogP contribution in [0.3, 0.4) is 0 Å². The zero-order valence-electron chi connectivity index (χ0n) is 10.2. The summed E-state index contributed by atoms with van der Waals surface area (Å²) in [4.78, 5) is 2.20. The normalized spacial score (nSPS) is 10.7. The molecule has 0 fully saturated rings. The molecular weight excluding hydrogens is 240 g/mol. The number of benzene rings is 2. The lowest BCUT2D eigenvalue weighted by molar-refractivity contribution is 0.914. The van der Waals surface area contributed by atoms with E-state index in [2.05, 4.69) is 64.9 Å². The summed E-state index contributed by atoms with van der Waals surface area (Å²) < 4.78 is 5.80. The van der Waals surface area contributed by atoms with Crippen LogP contribution in [0.4, 0.5) is 5.82 Å². The van der Waals surface area contributed by atoms with Crippen molar-refractivity contribution in [2.24, 2.45) is 0 Å². The zero-order chi connectivity index (χ0) is 12.4. The molecule has 18 heavy (non-hydrogen) atoms. The van der Waals surface area contributed by atoms with E-state index in [9.17, 15) is 0 Å². The van der Waals surface area contributed by atoms with Crippen molar-refractivity contribution in [3.63, 3.8) is 0 Å². The number of rotatable bonds is 3. The maximum Gasteiger partial charge on any atom is 0.150 e. The van der Waals surface area contributed by atoms with E-state index in [1.807, 2.05) is 6.07 Å². The fourth-order valence-electron chi connectivity index (χ4n) is 2.08. The number of hydrogen-bond acceptors (Lipinski definition) is 3. The maximum atomic E-state index is 4.56. The lowest BCUT2D eigenvalue weighted by Gasteiger charge is -2.16. The molecule has 3 aromatic rings. The summed E-state index contributed by atoms with van der Waals surface area (Å²) in [5.41, 5.74) is 1.30. The first-order chi connectivity index (χ1) is 8.84. The lowest BCUT2D eigenvalue weighted by Crippen LogP contribution is -2.16. The molecule has 1 heterocycles. The first kappa shape index (κ1) is 11.2. The Labute approximate surface area is 111 Å². The van der Waals surface area contributed by atoms with Crippen LogP contribution in [0.25, 0.3) is 10.1 Å². The van der Waals surface area contributed by atoms with Crippen molar-refractivity contribution in [3.05, 3.63) is 60.2 Å². The minimum atomic E-state index is 0.883. The van der Waals surface area contributed by atoms with Gasteiger partial charge in [0, 0.05) is 19.0 Å². The van der Waals surface area contributed by atoms with E-state index in [1.54, 1.807) is 11.5 Å². The minimum Gasteiger partial charge on any atom is -0.354 e. The molecule has 2 aromatic carbocycles. The Kier molecular flexibility index (Phi) is 2.99. The lowest BCUT2D eigenvalue weighted by atomic mass is 10.2. The second kappa shape index (κ2) is 4.78. The summed E-state index contributed by atoms with van der Waals surface area (Å²) in [6.45, 7) is 0.883. The van der Waals surface area contributed by atoms with E-state index in [-0.39, 0.29) is 0 Å². The van der Waals surface area contributed by atoms with Crippen LogP contribution in [-0.4, -0.2) is 11.4 Å². The molecular formula is C15H14N2S. The van der Waals surface area contributed by atoms with Crippen LogP contribution in [0.1, 0.15) is 5.56 Å². The van der Waals surface area contributed by atoms with Crippen molar-refractivity contribution >= 4 is 27.4 Å². The average molecular weight is 254 g/mol. The predicted molar refractivity (Wildman–Crippen MR) is 78.2 cm³/mol. The molecule has 0 aliphatic heterocycles. The van der Waals surface area contributed by atoms with Crippen LogP contribution in [0.15, 0.2) is 54.6 Å². The minimum absolute atomic E-state index is 0.883. The molecule has 0 aliphatic rings. The van der Waals surface area contributed by atoms with Gasteiger partial charge >= 0.3 is 0 Å². The quantitative estimate of drug-likeness (QED) is 0.704.